The van der Waals surface area contributed by atoms with Gasteiger partial charge in [0.05, 0.1) is 6.54 Å². The molecule has 0 bridgehead atoms. The van der Waals surface area contributed by atoms with Gasteiger partial charge in [-0.25, -0.2) is 0 Å². The highest BCUT2D eigenvalue weighted by Crippen LogP contribution is 2.28. The lowest BCUT2D eigenvalue weighted by Gasteiger charge is -2.33. The van der Waals surface area contributed by atoms with Crippen molar-refractivity contribution in [3.05, 3.63) is 0 Å². The molecule has 0 saturated carbocycles. The van der Waals surface area contributed by atoms with Crippen LogP contribution in [-0.4, -0.2) is 50.2 Å². The standard InChI is InChI=1S/C13H26N2O2/c1-4-15(5-2)12(16)10-14-11-13(3)6-8-17-9-7-13/h14H,4-11H2,1-3H3. The van der Waals surface area contributed by atoms with Gasteiger partial charge in [-0.1, -0.05) is 6.92 Å². The summed E-state index contributed by atoms with van der Waals surface area (Å²) in [5, 5.41) is 3.30. The number of hydrogen-bond acceptors (Lipinski definition) is 3. The fourth-order valence-electron chi connectivity index (χ4n) is 2.20. The zero-order chi connectivity index (χ0) is 12.7. The first-order chi connectivity index (χ1) is 8.11. The van der Waals surface area contributed by atoms with E-state index >= 15 is 0 Å². The first kappa shape index (κ1) is 14.5. The van der Waals surface area contributed by atoms with Crippen LogP contribution in [0.3, 0.4) is 0 Å². The Labute approximate surface area is 105 Å². The Hall–Kier alpha value is -0.610. The van der Waals surface area contributed by atoms with E-state index in [1.54, 1.807) is 0 Å². The zero-order valence-corrected chi connectivity index (χ0v) is 11.4. The van der Waals surface area contributed by atoms with Crippen molar-refractivity contribution in [2.45, 2.75) is 33.6 Å². The summed E-state index contributed by atoms with van der Waals surface area (Å²) in [6, 6.07) is 0. The molecule has 1 N–H and O–H groups in total. The molecule has 17 heavy (non-hydrogen) atoms. The van der Waals surface area contributed by atoms with E-state index in [1.807, 2.05) is 18.7 Å². The lowest BCUT2D eigenvalue weighted by molar-refractivity contribution is -0.129. The number of ether oxygens (including phenoxy) is 1. The van der Waals surface area contributed by atoms with Crippen LogP contribution in [0.4, 0.5) is 0 Å². The van der Waals surface area contributed by atoms with E-state index in [9.17, 15) is 4.79 Å². The maximum absolute atomic E-state index is 11.8. The van der Waals surface area contributed by atoms with Crippen LogP contribution in [0.2, 0.25) is 0 Å². The molecule has 1 heterocycles. The van der Waals surface area contributed by atoms with Gasteiger partial charge in [0.1, 0.15) is 0 Å². The van der Waals surface area contributed by atoms with Crippen molar-refractivity contribution in [3.63, 3.8) is 0 Å². The molecule has 1 fully saturated rings. The predicted molar refractivity (Wildman–Crippen MR) is 69.0 cm³/mol. The molecule has 0 unspecified atom stereocenters. The topological polar surface area (TPSA) is 41.6 Å². The van der Waals surface area contributed by atoms with Crippen LogP contribution in [0.15, 0.2) is 0 Å². The number of likely N-dealkylation sites (N-methyl/N-ethyl adjacent to an activating group) is 1. The Morgan fingerprint density at radius 3 is 2.41 bits per heavy atom. The predicted octanol–water partition coefficient (Wildman–Crippen LogP) is 1.26. The third-order valence-electron chi connectivity index (χ3n) is 3.64. The average molecular weight is 242 g/mol. The summed E-state index contributed by atoms with van der Waals surface area (Å²) in [6.07, 6.45) is 2.17. The molecule has 0 radical (unpaired) electrons. The van der Waals surface area contributed by atoms with Gasteiger partial charge in [-0.15, -0.1) is 0 Å². The molecule has 4 heteroatoms. The quantitative estimate of drug-likeness (QED) is 0.762. The van der Waals surface area contributed by atoms with Gasteiger partial charge in [0.15, 0.2) is 0 Å². The third-order valence-corrected chi connectivity index (χ3v) is 3.64. The fraction of sp³-hybridized carbons (Fsp3) is 0.923. The summed E-state index contributed by atoms with van der Waals surface area (Å²) in [5.74, 6) is 0.200. The van der Waals surface area contributed by atoms with Gasteiger partial charge in [0.25, 0.3) is 0 Å². The molecule has 0 spiro atoms. The van der Waals surface area contributed by atoms with Crippen molar-refractivity contribution < 1.29 is 9.53 Å². The van der Waals surface area contributed by atoms with Crippen molar-refractivity contribution in [1.29, 1.82) is 0 Å². The molecule has 1 rings (SSSR count). The van der Waals surface area contributed by atoms with Gasteiger partial charge < -0.3 is 15.0 Å². The van der Waals surface area contributed by atoms with Crippen LogP contribution in [0.1, 0.15) is 33.6 Å². The van der Waals surface area contributed by atoms with E-state index in [0.29, 0.717) is 12.0 Å². The molecule has 0 aliphatic carbocycles. The van der Waals surface area contributed by atoms with E-state index in [2.05, 4.69) is 12.2 Å². The molecular formula is C13H26N2O2. The number of hydrogen-bond donors (Lipinski definition) is 1. The van der Waals surface area contributed by atoms with Crippen LogP contribution < -0.4 is 5.32 Å². The number of nitrogens with zero attached hydrogens (tertiary/aromatic N) is 1. The Morgan fingerprint density at radius 1 is 1.29 bits per heavy atom. The molecule has 0 atom stereocenters. The lowest BCUT2D eigenvalue weighted by Crippen LogP contribution is -2.42. The SMILES string of the molecule is CCN(CC)C(=O)CNCC1(C)CCOCC1. The normalized spacial score (nSPS) is 19.0. The largest absolute Gasteiger partial charge is 0.381 e. The van der Waals surface area contributed by atoms with Gasteiger partial charge in [0, 0.05) is 32.8 Å². The van der Waals surface area contributed by atoms with E-state index in [0.717, 1.165) is 45.7 Å². The van der Waals surface area contributed by atoms with Crippen LogP contribution in [0.5, 0.6) is 0 Å². The fourth-order valence-corrected chi connectivity index (χ4v) is 2.20. The van der Waals surface area contributed by atoms with Crippen molar-refractivity contribution in [2.24, 2.45) is 5.41 Å². The number of nitrogens with one attached hydrogen (secondary N) is 1. The highest BCUT2D eigenvalue weighted by molar-refractivity contribution is 5.78. The smallest absolute Gasteiger partial charge is 0.236 e. The first-order valence-electron chi connectivity index (χ1n) is 6.67. The number of carbonyl (C=O) groups excluding carboxylic acids is 1. The molecule has 1 saturated heterocycles. The summed E-state index contributed by atoms with van der Waals surface area (Å²) < 4.78 is 5.36. The monoisotopic (exact) mass is 242 g/mol. The molecule has 0 aromatic carbocycles. The third kappa shape index (κ3) is 4.64. The minimum Gasteiger partial charge on any atom is -0.381 e. The van der Waals surface area contributed by atoms with Crippen molar-refractivity contribution in [3.8, 4) is 0 Å². The van der Waals surface area contributed by atoms with E-state index in [1.165, 1.54) is 0 Å². The van der Waals surface area contributed by atoms with Crippen molar-refractivity contribution in [1.82, 2.24) is 10.2 Å². The van der Waals surface area contributed by atoms with E-state index in [4.69, 9.17) is 4.74 Å². The van der Waals surface area contributed by atoms with Gasteiger partial charge >= 0.3 is 0 Å². The second-order valence-electron chi connectivity index (χ2n) is 5.09. The molecule has 1 aliphatic heterocycles. The molecular weight excluding hydrogens is 216 g/mol. The molecule has 0 aromatic heterocycles. The Morgan fingerprint density at radius 2 is 1.88 bits per heavy atom. The molecule has 4 nitrogen and oxygen atoms in total. The number of carbonyl (C=O) groups is 1. The van der Waals surface area contributed by atoms with Crippen molar-refractivity contribution >= 4 is 5.91 Å². The average Bonchev–Trinajstić information content (AvgIpc) is 2.31. The minimum absolute atomic E-state index is 0.200. The number of amides is 1. The Balaban J connectivity index is 2.24. The molecule has 1 amide bonds. The van der Waals surface area contributed by atoms with Crippen LogP contribution in [-0.2, 0) is 9.53 Å². The van der Waals surface area contributed by atoms with Gasteiger partial charge in [-0.3, -0.25) is 4.79 Å². The summed E-state index contributed by atoms with van der Waals surface area (Å²) in [4.78, 5) is 13.7. The van der Waals surface area contributed by atoms with E-state index in [-0.39, 0.29) is 5.91 Å². The molecule has 1 aliphatic rings. The number of rotatable bonds is 6. The minimum atomic E-state index is 0.200. The van der Waals surface area contributed by atoms with Crippen LogP contribution in [0.25, 0.3) is 0 Å². The summed E-state index contributed by atoms with van der Waals surface area (Å²) >= 11 is 0. The second-order valence-corrected chi connectivity index (χ2v) is 5.09. The Bertz CT molecular complexity index is 234. The lowest BCUT2D eigenvalue weighted by atomic mass is 9.82. The van der Waals surface area contributed by atoms with Gasteiger partial charge in [0.2, 0.25) is 5.91 Å². The highest BCUT2D eigenvalue weighted by Gasteiger charge is 2.27. The maximum atomic E-state index is 11.8. The first-order valence-corrected chi connectivity index (χ1v) is 6.67. The van der Waals surface area contributed by atoms with E-state index < -0.39 is 0 Å². The second kappa shape index (κ2) is 6.97. The van der Waals surface area contributed by atoms with Crippen molar-refractivity contribution in [2.75, 3.05) is 39.4 Å². The van der Waals surface area contributed by atoms with Gasteiger partial charge in [-0.05, 0) is 32.1 Å². The molecule has 100 valence electrons. The van der Waals surface area contributed by atoms with Crippen LogP contribution >= 0.6 is 0 Å². The Kier molecular flexibility index (Phi) is 5.92. The summed E-state index contributed by atoms with van der Waals surface area (Å²) in [6.45, 7) is 10.9. The summed E-state index contributed by atoms with van der Waals surface area (Å²) in [7, 11) is 0. The highest BCUT2D eigenvalue weighted by atomic mass is 16.5. The maximum Gasteiger partial charge on any atom is 0.236 e. The molecule has 0 aromatic rings. The van der Waals surface area contributed by atoms with Crippen LogP contribution in [0, 0.1) is 5.41 Å². The van der Waals surface area contributed by atoms with Gasteiger partial charge in [-0.2, -0.15) is 0 Å². The zero-order valence-electron chi connectivity index (χ0n) is 11.4. The summed E-state index contributed by atoms with van der Waals surface area (Å²) in [5.41, 5.74) is 0.293.